The lowest BCUT2D eigenvalue weighted by molar-refractivity contribution is -0.122. The second-order valence-corrected chi connectivity index (χ2v) is 5.53. The predicted molar refractivity (Wildman–Crippen MR) is 66.3 cm³/mol. The smallest absolute Gasteiger partial charge is 0.241 e. The Morgan fingerprint density at radius 3 is 2.47 bits per heavy atom. The van der Waals surface area contributed by atoms with E-state index in [4.69, 9.17) is 5.11 Å². The maximum absolute atomic E-state index is 12.7. The topological polar surface area (TPSA) is 95.5 Å². The first-order valence-corrected chi connectivity index (χ1v) is 7.01. The number of hydrogen-bond donors (Lipinski definition) is 3. The van der Waals surface area contributed by atoms with Gasteiger partial charge in [-0.05, 0) is 31.2 Å². The summed E-state index contributed by atoms with van der Waals surface area (Å²) in [6, 6.07) is 3.25. The maximum Gasteiger partial charge on any atom is 0.241 e. The third-order valence-electron chi connectivity index (χ3n) is 2.26. The summed E-state index contributed by atoms with van der Waals surface area (Å²) in [5.74, 6) is -1.10. The van der Waals surface area contributed by atoms with Gasteiger partial charge in [-0.25, -0.2) is 12.8 Å². The van der Waals surface area contributed by atoms with Gasteiger partial charge in [0.1, 0.15) is 5.82 Å². The van der Waals surface area contributed by atoms with E-state index in [1.54, 1.807) is 0 Å². The highest BCUT2D eigenvalue weighted by Gasteiger charge is 2.21. The van der Waals surface area contributed by atoms with Crippen molar-refractivity contribution < 1.29 is 22.7 Å². The number of rotatable bonds is 6. The summed E-state index contributed by atoms with van der Waals surface area (Å²) >= 11 is 0. The second-order valence-electron chi connectivity index (χ2n) is 3.81. The van der Waals surface area contributed by atoms with Gasteiger partial charge in [0.25, 0.3) is 0 Å². The highest BCUT2D eigenvalue weighted by atomic mass is 32.2. The van der Waals surface area contributed by atoms with Crippen LogP contribution >= 0.6 is 0 Å². The second kappa shape index (κ2) is 6.60. The molecule has 1 amide bonds. The van der Waals surface area contributed by atoms with E-state index in [9.17, 15) is 17.6 Å². The molecule has 6 nitrogen and oxygen atoms in total. The number of carbonyl (C=O) groups excluding carboxylic acids is 1. The Morgan fingerprint density at radius 2 is 1.95 bits per heavy atom. The number of aliphatic hydroxyl groups is 1. The van der Waals surface area contributed by atoms with E-state index < -0.39 is 27.8 Å². The van der Waals surface area contributed by atoms with Crippen molar-refractivity contribution in [3.63, 3.8) is 0 Å². The Bertz CT molecular complexity index is 530. The summed E-state index contributed by atoms with van der Waals surface area (Å²) in [6.07, 6.45) is 0. The molecule has 0 fully saturated rings. The molecule has 3 N–H and O–H groups in total. The van der Waals surface area contributed by atoms with Crippen molar-refractivity contribution in [2.24, 2.45) is 0 Å². The van der Waals surface area contributed by atoms with E-state index in [-0.39, 0.29) is 18.0 Å². The molecule has 0 spiro atoms. The predicted octanol–water partition coefficient (Wildman–Crippen LogP) is -0.399. The molecule has 1 aromatic rings. The lowest BCUT2D eigenvalue weighted by Gasteiger charge is -2.14. The fraction of sp³-hybridized carbons (Fsp3) is 0.364. The zero-order valence-corrected chi connectivity index (χ0v) is 11.1. The molecule has 0 aliphatic heterocycles. The highest BCUT2D eigenvalue weighted by molar-refractivity contribution is 7.89. The normalized spacial score (nSPS) is 13.0. The first-order chi connectivity index (χ1) is 8.86. The Labute approximate surface area is 110 Å². The number of aliphatic hydroxyl groups excluding tert-OH is 1. The van der Waals surface area contributed by atoms with E-state index in [2.05, 4.69) is 10.0 Å². The van der Waals surface area contributed by atoms with E-state index in [1.807, 2.05) is 0 Å². The molecule has 0 aliphatic rings. The third kappa shape index (κ3) is 4.58. The fourth-order valence-corrected chi connectivity index (χ4v) is 2.50. The maximum atomic E-state index is 12.7. The van der Waals surface area contributed by atoms with Crippen LogP contribution in [0.2, 0.25) is 0 Å². The summed E-state index contributed by atoms with van der Waals surface area (Å²) < 4.78 is 38.6. The summed E-state index contributed by atoms with van der Waals surface area (Å²) in [5, 5.41) is 10.9. The van der Waals surface area contributed by atoms with Gasteiger partial charge < -0.3 is 10.4 Å². The molecule has 0 heterocycles. The molecular formula is C11H15FN2O4S. The highest BCUT2D eigenvalue weighted by Crippen LogP contribution is 2.10. The van der Waals surface area contributed by atoms with Crippen molar-refractivity contribution in [1.29, 1.82) is 0 Å². The molecule has 106 valence electrons. The summed E-state index contributed by atoms with van der Waals surface area (Å²) in [6.45, 7) is 1.18. The van der Waals surface area contributed by atoms with Crippen LogP contribution in [0.5, 0.6) is 0 Å². The molecule has 1 aromatic carbocycles. The Balaban J connectivity index is 2.74. The number of carbonyl (C=O) groups is 1. The molecule has 8 heteroatoms. The van der Waals surface area contributed by atoms with Crippen LogP contribution in [-0.4, -0.2) is 38.6 Å². The molecule has 1 rings (SSSR count). The summed E-state index contributed by atoms with van der Waals surface area (Å²) in [4.78, 5) is 11.3. The van der Waals surface area contributed by atoms with Gasteiger partial charge in [-0.3, -0.25) is 4.79 Å². The Hall–Kier alpha value is -1.51. The largest absolute Gasteiger partial charge is 0.395 e. The van der Waals surface area contributed by atoms with Gasteiger partial charge in [0, 0.05) is 6.54 Å². The zero-order chi connectivity index (χ0) is 14.5. The number of halogens is 1. The monoisotopic (exact) mass is 290 g/mol. The lowest BCUT2D eigenvalue weighted by atomic mass is 10.3. The Morgan fingerprint density at radius 1 is 1.37 bits per heavy atom. The number of nitrogens with one attached hydrogen (secondary N) is 2. The Kier molecular flexibility index (Phi) is 5.40. The van der Waals surface area contributed by atoms with Crippen molar-refractivity contribution in [3.05, 3.63) is 30.1 Å². The third-order valence-corrected chi connectivity index (χ3v) is 3.82. The summed E-state index contributed by atoms with van der Waals surface area (Å²) in [5.41, 5.74) is 0. The minimum Gasteiger partial charge on any atom is -0.395 e. The van der Waals surface area contributed by atoms with Gasteiger partial charge in [-0.15, -0.1) is 0 Å². The van der Waals surface area contributed by atoms with Crippen molar-refractivity contribution in [1.82, 2.24) is 10.0 Å². The minimum atomic E-state index is -3.89. The average molecular weight is 290 g/mol. The van der Waals surface area contributed by atoms with Crippen LogP contribution in [0.15, 0.2) is 29.2 Å². The molecule has 1 atom stereocenters. The van der Waals surface area contributed by atoms with E-state index in [1.165, 1.54) is 6.92 Å². The van der Waals surface area contributed by atoms with Crippen LogP contribution in [-0.2, 0) is 14.8 Å². The van der Waals surface area contributed by atoms with Gasteiger partial charge in [0.15, 0.2) is 0 Å². The van der Waals surface area contributed by atoms with Crippen LogP contribution < -0.4 is 10.0 Å². The van der Waals surface area contributed by atoms with Gasteiger partial charge in [0.2, 0.25) is 15.9 Å². The van der Waals surface area contributed by atoms with Gasteiger partial charge in [0.05, 0.1) is 17.5 Å². The first kappa shape index (κ1) is 15.5. The van der Waals surface area contributed by atoms with Crippen LogP contribution in [0.3, 0.4) is 0 Å². The number of benzene rings is 1. The zero-order valence-electron chi connectivity index (χ0n) is 10.3. The molecule has 1 unspecified atom stereocenters. The summed E-state index contributed by atoms with van der Waals surface area (Å²) in [7, 11) is -3.89. The number of amides is 1. The van der Waals surface area contributed by atoms with Crippen molar-refractivity contribution >= 4 is 15.9 Å². The fourth-order valence-electron chi connectivity index (χ4n) is 1.30. The van der Waals surface area contributed by atoms with Crippen LogP contribution in [0, 0.1) is 5.82 Å². The van der Waals surface area contributed by atoms with Crippen molar-refractivity contribution in [3.8, 4) is 0 Å². The lowest BCUT2D eigenvalue weighted by Crippen LogP contribution is -2.45. The average Bonchev–Trinajstić information content (AvgIpc) is 2.35. The molecule has 0 aromatic heterocycles. The van der Waals surface area contributed by atoms with E-state index in [0.717, 1.165) is 24.3 Å². The molecule has 19 heavy (non-hydrogen) atoms. The quantitative estimate of drug-likeness (QED) is 0.664. The van der Waals surface area contributed by atoms with Crippen molar-refractivity contribution in [2.45, 2.75) is 17.9 Å². The number of hydrogen-bond acceptors (Lipinski definition) is 4. The van der Waals surface area contributed by atoms with Gasteiger partial charge >= 0.3 is 0 Å². The molecule has 0 radical (unpaired) electrons. The van der Waals surface area contributed by atoms with Crippen LogP contribution in [0.1, 0.15) is 6.92 Å². The molecule has 0 saturated carbocycles. The standard InChI is InChI=1S/C11H15FN2O4S/c1-8(11(16)13-6-7-15)14-19(17,18)10-4-2-9(12)3-5-10/h2-5,8,14-15H,6-7H2,1H3,(H,13,16). The SMILES string of the molecule is CC(NS(=O)(=O)c1ccc(F)cc1)C(=O)NCCO. The number of sulfonamides is 1. The minimum absolute atomic E-state index is 0.0431. The van der Waals surface area contributed by atoms with E-state index in [0.29, 0.717) is 0 Å². The first-order valence-electron chi connectivity index (χ1n) is 5.53. The molecule has 0 bridgehead atoms. The van der Waals surface area contributed by atoms with Crippen LogP contribution in [0.25, 0.3) is 0 Å². The molecule has 0 aliphatic carbocycles. The van der Waals surface area contributed by atoms with Crippen molar-refractivity contribution in [2.75, 3.05) is 13.2 Å². The van der Waals surface area contributed by atoms with Gasteiger partial charge in [-0.1, -0.05) is 0 Å². The van der Waals surface area contributed by atoms with E-state index >= 15 is 0 Å². The molecular weight excluding hydrogens is 275 g/mol. The van der Waals surface area contributed by atoms with Gasteiger partial charge in [-0.2, -0.15) is 4.72 Å². The van der Waals surface area contributed by atoms with Crippen LogP contribution in [0.4, 0.5) is 4.39 Å². The molecule has 0 saturated heterocycles.